The Morgan fingerprint density at radius 3 is 2.37 bits per heavy atom. The molecule has 1 aromatic rings. The molecule has 108 valence electrons. The third-order valence-corrected chi connectivity index (χ3v) is 4.56. The molecule has 1 unspecified atom stereocenters. The molecule has 0 aromatic heterocycles. The molecule has 0 amide bonds. The molecule has 1 N–H and O–H groups in total. The van der Waals surface area contributed by atoms with E-state index in [1.807, 2.05) is 0 Å². The lowest BCUT2D eigenvalue weighted by atomic mass is 10.1. The normalized spacial score (nSPS) is 12.6. The number of rotatable bonds is 10. The van der Waals surface area contributed by atoms with Gasteiger partial charge in [0.1, 0.15) is 0 Å². The molecule has 1 atom stereocenters. The molecule has 0 bridgehead atoms. The van der Waals surface area contributed by atoms with Gasteiger partial charge in [-0.25, -0.2) is 0 Å². The maximum Gasteiger partial charge on any atom is 0.0411 e. The van der Waals surface area contributed by atoms with Crippen LogP contribution in [0.25, 0.3) is 0 Å². The minimum Gasteiger partial charge on any atom is -0.310 e. The van der Waals surface area contributed by atoms with Gasteiger partial charge in [0.25, 0.3) is 0 Å². The van der Waals surface area contributed by atoms with Crippen LogP contribution in [-0.2, 0) is 6.42 Å². The molecule has 0 saturated heterocycles. The molecule has 0 radical (unpaired) electrons. The molecule has 0 aliphatic carbocycles. The van der Waals surface area contributed by atoms with Crippen LogP contribution in [0.2, 0.25) is 0 Å². The Morgan fingerprint density at radius 2 is 1.79 bits per heavy atom. The first-order valence-corrected chi connectivity index (χ1v) is 8.87. The first kappa shape index (κ1) is 16.6. The summed E-state index contributed by atoms with van der Waals surface area (Å²) in [5.74, 6) is 2.48. The van der Waals surface area contributed by atoms with Crippen LogP contribution in [0.5, 0.6) is 0 Å². The summed E-state index contributed by atoms with van der Waals surface area (Å²) in [6.07, 6.45) is 5.16. The third kappa shape index (κ3) is 6.49. The topological polar surface area (TPSA) is 12.0 Å². The van der Waals surface area contributed by atoms with Crippen molar-refractivity contribution >= 4 is 11.8 Å². The number of thioether (sulfide) groups is 1. The van der Waals surface area contributed by atoms with Crippen LogP contribution < -0.4 is 5.32 Å². The highest BCUT2D eigenvalue weighted by molar-refractivity contribution is 7.99. The molecule has 0 aliphatic heterocycles. The van der Waals surface area contributed by atoms with Gasteiger partial charge < -0.3 is 5.32 Å². The van der Waals surface area contributed by atoms with Gasteiger partial charge in [-0.3, -0.25) is 0 Å². The van der Waals surface area contributed by atoms with Gasteiger partial charge in [-0.05, 0) is 36.3 Å². The van der Waals surface area contributed by atoms with Crippen molar-refractivity contribution in [2.24, 2.45) is 0 Å². The van der Waals surface area contributed by atoms with E-state index in [9.17, 15) is 0 Å². The van der Waals surface area contributed by atoms with Gasteiger partial charge in [0.2, 0.25) is 0 Å². The van der Waals surface area contributed by atoms with Crippen LogP contribution in [0.4, 0.5) is 0 Å². The second kappa shape index (κ2) is 10.3. The number of nitrogens with one attached hydrogen (secondary N) is 1. The van der Waals surface area contributed by atoms with Gasteiger partial charge in [-0.15, -0.1) is 0 Å². The number of aryl methyl sites for hydroxylation is 1. The first-order valence-electron chi connectivity index (χ1n) is 7.71. The van der Waals surface area contributed by atoms with Crippen LogP contribution in [0.15, 0.2) is 24.3 Å². The second-order valence-corrected chi connectivity index (χ2v) is 6.14. The average Bonchev–Trinajstić information content (AvgIpc) is 2.46. The Balaban J connectivity index is 2.45. The summed E-state index contributed by atoms with van der Waals surface area (Å²) in [6, 6.07) is 9.61. The highest BCUT2D eigenvalue weighted by Gasteiger charge is 2.09. The van der Waals surface area contributed by atoms with E-state index in [2.05, 4.69) is 62.1 Å². The quantitative estimate of drug-likeness (QED) is 0.616. The number of hydrogen-bond acceptors (Lipinski definition) is 2. The van der Waals surface area contributed by atoms with Crippen molar-refractivity contribution in [3.8, 4) is 0 Å². The van der Waals surface area contributed by atoms with E-state index in [0.29, 0.717) is 6.04 Å². The van der Waals surface area contributed by atoms with Gasteiger partial charge in [-0.2, -0.15) is 11.8 Å². The molecule has 0 heterocycles. The average molecular weight is 279 g/mol. The van der Waals surface area contributed by atoms with E-state index in [-0.39, 0.29) is 0 Å². The Kier molecular flexibility index (Phi) is 9.02. The zero-order chi connectivity index (χ0) is 13.9. The molecule has 0 spiro atoms. The summed E-state index contributed by atoms with van der Waals surface area (Å²) >= 11 is 2.08. The maximum atomic E-state index is 3.61. The Morgan fingerprint density at radius 1 is 1.05 bits per heavy atom. The molecule has 1 rings (SSSR count). The predicted molar refractivity (Wildman–Crippen MR) is 89.1 cm³/mol. The van der Waals surface area contributed by atoms with Gasteiger partial charge in [0.05, 0.1) is 0 Å². The van der Waals surface area contributed by atoms with E-state index in [1.54, 1.807) is 0 Å². The van der Waals surface area contributed by atoms with Gasteiger partial charge >= 0.3 is 0 Å². The minimum absolute atomic E-state index is 0.502. The van der Waals surface area contributed by atoms with E-state index in [1.165, 1.54) is 41.9 Å². The van der Waals surface area contributed by atoms with Crippen molar-refractivity contribution in [3.05, 3.63) is 35.4 Å². The van der Waals surface area contributed by atoms with E-state index in [0.717, 1.165) is 13.0 Å². The second-order valence-electron chi connectivity index (χ2n) is 4.99. The fraction of sp³-hybridized carbons (Fsp3) is 0.647. The fourth-order valence-corrected chi connectivity index (χ4v) is 3.28. The van der Waals surface area contributed by atoms with Gasteiger partial charge in [0.15, 0.2) is 0 Å². The molecule has 0 fully saturated rings. The lowest BCUT2D eigenvalue weighted by Crippen LogP contribution is -2.23. The largest absolute Gasteiger partial charge is 0.310 e. The van der Waals surface area contributed by atoms with Crippen LogP contribution in [0.3, 0.4) is 0 Å². The van der Waals surface area contributed by atoms with Crippen molar-refractivity contribution in [1.29, 1.82) is 0 Å². The van der Waals surface area contributed by atoms with Crippen molar-refractivity contribution in [3.63, 3.8) is 0 Å². The maximum absolute atomic E-state index is 3.61. The molecular formula is C17H29NS. The fourth-order valence-electron chi connectivity index (χ4n) is 2.16. The summed E-state index contributed by atoms with van der Waals surface area (Å²) in [7, 11) is 0. The molecule has 1 nitrogen and oxygen atoms in total. The Labute approximate surface area is 123 Å². The Hall–Kier alpha value is -0.470. The third-order valence-electron chi connectivity index (χ3n) is 3.42. The number of hydrogen-bond donors (Lipinski definition) is 1. The van der Waals surface area contributed by atoms with Crippen LogP contribution in [0, 0.1) is 0 Å². The predicted octanol–water partition coefficient (Wildman–Crippen LogP) is 4.82. The van der Waals surface area contributed by atoms with Crippen molar-refractivity contribution in [2.75, 3.05) is 18.1 Å². The first-order chi connectivity index (χ1) is 9.31. The SMILES string of the molecule is CCCCCSCC(NCC)c1ccc(CC)cc1. The Bertz CT molecular complexity index is 321. The van der Waals surface area contributed by atoms with Crippen molar-refractivity contribution in [1.82, 2.24) is 5.32 Å². The molecule has 19 heavy (non-hydrogen) atoms. The summed E-state index contributed by atoms with van der Waals surface area (Å²) in [5.41, 5.74) is 2.86. The molecule has 0 saturated carbocycles. The summed E-state index contributed by atoms with van der Waals surface area (Å²) in [6.45, 7) is 7.70. The van der Waals surface area contributed by atoms with Crippen LogP contribution in [-0.4, -0.2) is 18.1 Å². The highest BCUT2D eigenvalue weighted by atomic mass is 32.2. The van der Waals surface area contributed by atoms with Crippen molar-refractivity contribution in [2.45, 2.75) is 52.5 Å². The number of unbranched alkanes of at least 4 members (excludes halogenated alkanes) is 2. The summed E-state index contributed by atoms with van der Waals surface area (Å²) < 4.78 is 0. The van der Waals surface area contributed by atoms with E-state index in [4.69, 9.17) is 0 Å². The molecular weight excluding hydrogens is 250 g/mol. The minimum atomic E-state index is 0.502. The molecule has 0 aliphatic rings. The summed E-state index contributed by atoms with van der Waals surface area (Å²) in [5, 5.41) is 3.61. The highest BCUT2D eigenvalue weighted by Crippen LogP contribution is 2.20. The summed E-state index contributed by atoms with van der Waals surface area (Å²) in [4.78, 5) is 0. The zero-order valence-corrected chi connectivity index (χ0v) is 13.6. The monoisotopic (exact) mass is 279 g/mol. The molecule has 2 heteroatoms. The van der Waals surface area contributed by atoms with Crippen LogP contribution in [0.1, 0.15) is 57.2 Å². The van der Waals surface area contributed by atoms with Gasteiger partial charge in [-0.1, -0.05) is 57.9 Å². The lowest BCUT2D eigenvalue weighted by molar-refractivity contribution is 0.605. The van der Waals surface area contributed by atoms with Crippen molar-refractivity contribution < 1.29 is 0 Å². The van der Waals surface area contributed by atoms with Gasteiger partial charge in [0, 0.05) is 11.8 Å². The molecule has 1 aromatic carbocycles. The smallest absolute Gasteiger partial charge is 0.0411 e. The zero-order valence-electron chi connectivity index (χ0n) is 12.7. The lowest BCUT2D eigenvalue weighted by Gasteiger charge is -2.18. The standard InChI is InChI=1S/C17H29NS/c1-4-7-8-13-19-14-17(18-6-3)16-11-9-15(5-2)10-12-16/h9-12,17-18H,4-8,13-14H2,1-3H3. The van der Waals surface area contributed by atoms with E-state index < -0.39 is 0 Å². The number of benzene rings is 1. The van der Waals surface area contributed by atoms with E-state index >= 15 is 0 Å². The van der Waals surface area contributed by atoms with Crippen LogP contribution >= 0.6 is 11.8 Å².